The van der Waals surface area contributed by atoms with Crippen LogP contribution in [0.15, 0.2) is 24.3 Å². The van der Waals surface area contributed by atoms with Gasteiger partial charge < -0.3 is 15.5 Å². The monoisotopic (exact) mass is 270 g/mol. The first-order chi connectivity index (χ1) is 9.21. The van der Waals surface area contributed by atoms with Crippen LogP contribution in [0.25, 0.3) is 0 Å². The molecular weight excluding hydrogens is 247 g/mol. The summed E-state index contributed by atoms with van der Waals surface area (Å²) >= 11 is 0. The van der Waals surface area contributed by atoms with E-state index >= 15 is 0 Å². The summed E-state index contributed by atoms with van der Waals surface area (Å²) in [4.78, 5) is 1.99. The van der Waals surface area contributed by atoms with Crippen LogP contribution in [0.5, 0.6) is 0 Å². The third-order valence-corrected chi connectivity index (χ3v) is 3.17. The first-order valence-corrected chi connectivity index (χ1v) is 6.58. The maximum Gasteiger partial charge on any atom is 0.123 e. The van der Waals surface area contributed by atoms with Crippen molar-refractivity contribution in [1.82, 2.24) is 10.2 Å². The minimum atomic E-state index is -0.236. The maximum absolute atomic E-state index is 13.2. The molecule has 0 aliphatic carbocycles. The molecule has 1 aromatic carbocycles. The second kappa shape index (κ2) is 8.98. The minimum absolute atomic E-state index is 0.0654. The van der Waals surface area contributed by atoms with Crippen LogP contribution in [0, 0.1) is 5.82 Å². The number of aliphatic hydroxyl groups is 2. The van der Waals surface area contributed by atoms with E-state index in [1.807, 2.05) is 18.0 Å². The number of nitrogens with zero attached hydrogens (tertiary/aromatic N) is 1. The average molecular weight is 270 g/mol. The summed E-state index contributed by atoms with van der Waals surface area (Å²) in [5.74, 6) is -0.236. The molecule has 3 N–H and O–H groups in total. The van der Waals surface area contributed by atoms with Gasteiger partial charge in [-0.3, -0.25) is 4.90 Å². The summed E-state index contributed by atoms with van der Waals surface area (Å²) in [6.45, 7) is 1.97. The van der Waals surface area contributed by atoms with Gasteiger partial charge in [0.1, 0.15) is 5.82 Å². The Morgan fingerprint density at radius 1 is 1.21 bits per heavy atom. The molecule has 0 spiro atoms. The SMILES string of the molecule is CNC(CCN(CCO)CCO)c1cccc(F)c1. The summed E-state index contributed by atoms with van der Waals surface area (Å²) in [6.07, 6.45) is 0.792. The van der Waals surface area contributed by atoms with Crippen LogP contribution in [0.3, 0.4) is 0 Å². The lowest BCUT2D eigenvalue weighted by molar-refractivity contribution is 0.156. The van der Waals surface area contributed by atoms with Crippen molar-refractivity contribution in [2.75, 3.05) is 39.9 Å². The van der Waals surface area contributed by atoms with E-state index in [9.17, 15) is 4.39 Å². The normalized spacial score (nSPS) is 12.9. The quantitative estimate of drug-likeness (QED) is 0.620. The van der Waals surface area contributed by atoms with Crippen molar-refractivity contribution in [3.63, 3.8) is 0 Å². The number of rotatable bonds is 9. The second-order valence-corrected chi connectivity index (χ2v) is 4.47. The molecule has 0 aliphatic heterocycles. The molecule has 1 aromatic rings. The minimum Gasteiger partial charge on any atom is -0.395 e. The third-order valence-electron chi connectivity index (χ3n) is 3.17. The highest BCUT2D eigenvalue weighted by Gasteiger charge is 2.12. The van der Waals surface area contributed by atoms with Crippen molar-refractivity contribution in [2.45, 2.75) is 12.5 Å². The fourth-order valence-corrected chi connectivity index (χ4v) is 2.13. The highest BCUT2D eigenvalue weighted by atomic mass is 19.1. The van der Waals surface area contributed by atoms with Crippen LogP contribution in [0.2, 0.25) is 0 Å². The smallest absolute Gasteiger partial charge is 0.123 e. The van der Waals surface area contributed by atoms with Gasteiger partial charge in [-0.25, -0.2) is 4.39 Å². The Labute approximate surface area is 113 Å². The summed E-state index contributed by atoms with van der Waals surface area (Å²) in [6, 6.07) is 6.63. The van der Waals surface area contributed by atoms with E-state index in [2.05, 4.69) is 5.32 Å². The number of aliphatic hydroxyl groups excluding tert-OH is 2. The molecule has 0 bridgehead atoms. The Balaban J connectivity index is 2.56. The Kier molecular flexibility index (Phi) is 7.59. The molecule has 0 radical (unpaired) electrons. The van der Waals surface area contributed by atoms with Gasteiger partial charge in [0.15, 0.2) is 0 Å². The molecule has 0 saturated heterocycles. The summed E-state index contributed by atoms with van der Waals surface area (Å²) < 4.78 is 13.2. The highest BCUT2D eigenvalue weighted by molar-refractivity contribution is 5.20. The topological polar surface area (TPSA) is 55.7 Å². The third kappa shape index (κ3) is 5.65. The molecular formula is C14H23FN2O2. The number of benzene rings is 1. The predicted octanol–water partition coefficient (Wildman–Crippen LogP) is 0.763. The number of hydrogen-bond donors (Lipinski definition) is 3. The lowest BCUT2D eigenvalue weighted by Crippen LogP contribution is -2.33. The van der Waals surface area contributed by atoms with E-state index in [1.54, 1.807) is 6.07 Å². The van der Waals surface area contributed by atoms with E-state index in [1.165, 1.54) is 12.1 Å². The van der Waals surface area contributed by atoms with Gasteiger partial charge in [0.25, 0.3) is 0 Å². The number of hydrogen-bond acceptors (Lipinski definition) is 4. The average Bonchev–Trinajstić information content (AvgIpc) is 2.40. The molecule has 0 aromatic heterocycles. The number of halogens is 1. The molecule has 108 valence electrons. The summed E-state index contributed by atoms with van der Waals surface area (Å²) in [5.41, 5.74) is 0.912. The lowest BCUT2D eigenvalue weighted by atomic mass is 10.0. The van der Waals surface area contributed by atoms with Crippen molar-refractivity contribution in [2.24, 2.45) is 0 Å². The zero-order valence-electron chi connectivity index (χ0n) is 11.3. The van der Waals surface area contributed by atoms with Crippen LogP contribution in [-0.2, 0) is 0 Å². The molecule has 0 heterocycles. The largest absolute Gasteiger partial charge is 0.395 e. The van der Waals surface area contributed by atoms with Crippen LogP contribution in [0.1, 0.15) is 18.0 Å². The van der Waals surface area contributed by atoms with Crippen molar-refractivity contribution >= 4 is 0 Å². The van der Waals surface area contributed by atoms with Crippen LogP contribution < -0.4 is 5.32 Å². The molecule has 0 aliphatic rings. The van der Waals surface area contributed by atoms with Gasteiger partial charge >= 0.3 is 0 Å². The van der Waals surface area contributed by atoms with Crippen LogP contribution in [-0.4, -0.2) is 55.0 Å². The van der Waals surface area contributed by atoms with E-state index in [-0.39, 0.29) is 25.1 Å². The molecule has 1 rings (SSSR count). The molecule has 0 fully saturated rings. The van der Waals surface area contributed by atoms with Crippen LogP contribution in [0.4, 0.5) is 4.39 Å². The van der Waals surface area contributed by atoms with Gasteiger partial charge in [-0.05, 0) is 31.2 Å². The Morgan fingerprint density at radius 2 is 1.89 bits per heavy atom. The van der Waals surface area contributed by atoms with Crippen molar-refractivity contribution in [1.29, 1.82) is 0 Å². The van der Waals surface area contributed by atoms with Gasteiger partial charge in [-0.15, -0.1) is 0 Å². The number of nitrogens with one attached hydrogen (secondary N) is 1. The highest BCUT2D eigenvalue weighted by Crippen LogP contribution is 2.17. The molecule has 5 heteroatoms. The Hall–Kier alpha value is -1.01. The molecule has 4 nitrogen and oxygen atoms in total. The molecule has 19 heavy (non-hydrogen) atoms. The van der Waals surface area contributed by atoms with Crippen molar-refractivity contribution in [3.8, 4) is 0 Å². The van der Waals surface area contributed by atoms with Crippen molar-refractivity contribution in [3.05, 3.63) is 35.6 Å². The van der Waals surface area contributed by atoms with Gasteiger partial charge in [0.2, 0.25) is 0 Å². The maximum atomic E-state index is 13.2. The second-order valence-electron chi connectivity index (χ2n) is 4.47. The van der Waals surface area contributed by atoms with E-state index < -0.39 is 0 Å². The first-order valence-electron chi connectivity index (χ1n) is 6.58. The van der Waals surface area contributed by atoms with Gasteiger partial charge in [0.05, 0.1) is 13.2 Å². The van der Waals surface area contributed by atoms with Gasteiger partial charge in [-0.1, -0.05) is 12.1 Å². The zero-order chi connectivity index (χ0) is 14.1. The van der Waals surface area contributed by atoms with Crippen LogP contribution >= 0.6 is 0 Å². The fraction of sp³-hybridized carbons (Fsp3) is 0.571. The van der Waals surface area contributed by atoms with Gasteiger partial charge in [0, 0.05) is 25.7 Å². The van der Waals surface area contributed by atoms with Crippen molar-refractivity contribution < 1.29 is 14.6 Å². The van der Waals surface area contributed by atoms with E-state index in [0.717, 1.165) is 18.5 Å². The Morgan fingerprint density at radius 3 is 2.42 bits per heavy atom. The van der Waals surface area contributed by atoms with E-state index in [4.69, 9.17) is 10.2 Å². The van der Waals surface area contributed by atoms with Gasteiger partial charge in [-0.2, -0.15) is 0 Å². The molecule has 1 atom stereocenters. The first kappa shape index (κ1) is 16.0. The summed E-state index contributed by atoms with van der Waals surface area (Å²) in [5, 5.41) is 21.1. The zero-order valence-corrected chi connectivity index (χ0v) is 11.3. The molecule has 1 unspecified atom stereocenters. The Bertz CT molecular complexity index is 357. The van der Waals surface area contributed by atoms with E-state index in [0.29, 0.717) is 13.1 Å². The molecule has 0 amide bonds. The molecule has 0 saturated carbocycles. The predicted molar refractivity (Wildman–Crippen MR) is 73.4 cm³/mol. The standard InChI is InChI=1S/C14H23FN2O2/c1-16-14(12-3-2-4-13(15)11-12)5-6-17(7-9-18)8-10-19/h2-4,11,14,16,18-19H,5-10H2,1H3. The fourth-order valence-electron chi connectivity index (χ4n) is 2.13. The lowest BCUT2D eigenvalue weighted by Gasteiger charge is -2.24. The summed E-state index contributed by atoms with van der Waals surface area (Å²) in [7, 11) is 1.85.